The first kappa shape index (κ1) is 55.4. The van der Waals surface area contributed by atoms with E-state index in [-0.39, 0.29) is 21.9 Å². The Balaban J connectivity index is 0.000000205. The zero-order chi connectivity index (χ0) is 55.1. The molecule has 77 heavy (non-hydrogen) atoms. The number of halogens is 12. The topological polar surface area (TPSA) is 20.3 Å². The van der Waals surface area contributed by atoms with Crippen molar-refractivity contribution in [1.29, 1.82) is 0 Å². The second kappa shape index (κ2) is 22.8. The Morgan fingerprint density at radius 2 is 0.571 bits per heavy atom. The van der Waals surface area contributed by atoms with Crippen molar-refractivity contribution in [3.63, 3.8) is 0 Å². The monoisotopic (exact) mass is 1080 g/mol. The Morgan fingerprint density at radius 1 is 0.312 bits per heavy atom. The lowest BCUT2D eigenvalue weighted by atomic mass is 9.13. The van der Waals surface area contributed by atoms with E-state index in [1.807, 2.05) is 60.7 Å². The lowest BCUT2D eigenvalue weighted by Crippen LogP contribution is -2.74. The van der Waals surface area contributed by atoms with Gasteiger partial charge >= 0.3 is 24.7 Å². The van der Waals surface area contributed by atoms with E-state index < -0.39 is 63.0 Å². The highest BCUT2D eigenvalue weighted by Gasteiger charge is 2.39. The first-order valence-electron chi connectivity index (χ1n) is 24.0. The summed E-state index contributed by atoms with van der Waals surface area (Å²) in [7, 11) is -2.44. The van der Waals surface area contributed by atoms with E-state index in [0.29, 0.717) is 54.3 Å². The lowest BCUT2D eigenvalue weighted by Gasteiger charge is -2.44. The molecule has 0 atom stereocenters. The van der Waals surface area contributed by atoms with Crippen molar-refractivity contribution in [2.24, 2.45) is 0 Å². The molecule has 0 aliphatic heterocycles. The minimum absolute atomic E-state index is 0.0114. The van der Waals surface area contributed by atoms with Gasteiger partial charge < -0.3 is 4.90 Å². The van der Waals surface area contributed by atoms with Crippen LogP contribution in [0.25, 0.3) is 0 Å². The maximum atomic E-state index is 14.4. The summed E-state index contributed by atoms with van der Waals surface area (Å²) in [6.07, 6.45) is -22.0. The fraction of sp³-hybridized carbons (Fsp3) is 0.115. The molecule has 9 aromatic carbocycles. The number of anilines is 1. The van der Waals surface area contributed by atoms with Gasteiger partial charge in [0.25, 0.3) is 0 Å². The van der Waals surface area contributed by atoms with E-state index in [1.54, 1.807) is 0 Å². The Morgan fingerprint density at radius 3 is 0.831 bits per heavy atom. The molecule has 0 unspecified atom stereocenters. The summed E-state index contributed by atoms with van der Waals surface area (Å²) < 4.78 is 175. The predicted octanol–water partition coefficient (Wildman–Crippen LogP) is 15.2. The molecule has 0 bridgehead atoms. The molecular formula is C61H46BF12NOS. The summed E-state index contributed by atoms with van der Waals surface area (Å²) in [6.45, 7) is 1.64. The standard InChI is InChI=1S/C33H30NOS.C28H16BF12/c35-36(32-17-9-3-10-18-32,33-19-11-4-12-20-33)27-30-21-23-31(24-22-30)34(25-28-13-5-1-6-14-28)26-29-15-7-2-8-16-29;30-25(31,32)17-1-9-21(10-2-17)29(22-11-3-18(4-12-22)26(33,34)35,23-13-5-19(6-14-23)27(36,37)38)24-15-7-20(8-16-24)28(39,40)41/h1-24H,25-27H2;1-16H/q+1;-1. The molecule has 0 heterocycles. The van der Waals surface area contributed by atoms with Crippen molar-refractivity contribution in [1.82, 2.24) is 0 Å². The Kier molecular flexibility index (Phi) is 16.4. The number of nitrogens with zero attached hydrogens (tertiary/aromatic N) is 1. The maximum absolute atomic E-state index is 14.4. The van der Waals surface area contributed by atoms with Gasteiger partial charge in [-0.1, -0.05) is 210 Å². The Bertz CT molecular complexity index is 3030. The van der Waals surface area contributed by atoms with Crippen molar-refractivity contribution in [3.8, 4) is 0 Å². The highest BCUT2D eigenvalue weighted by Crippen LogP contribution is 2.35. The zero-order valence-corrected chi connectivity index (χ0v) is 41.4. The molecule has 0 radical (unpaired) electrons. The van der Waals surface area contributed by atoms with Crippen molar-refractivity contribution >= 4 is 43.6 Å². The summed E-state index contributed by atoms with van der Waals surface area (Å²) in [6, 6.07) is 63.0. The molecule has 0 N–H and O–H groups in total. The number of rotatable bonds is 13. The van der Waals surface area contributed by atoms with Crippen molar-refractivity contribution in [3.05, 3.63) is 282 Å². The van der Waals surface area contributed by atoms with Crippen LogP contribution in [0.1, 0.15) is 38.9 Å². The van der Waals surface area contributed by atoms with Gasteiger partial charge in [-0.15, -0.1) is 0 Å². The van der Waals surface area contributed by atoms with Gasteiger partial charge in [0.1, 0.15) is 11.9 Å². The van der Waals surface area contributed by atoms with Crippen LogP contribution in [0.5, 0.6) is 0 Å². The van der Waals surface area contributed by atoms with Gasteiger partial charge in [-0.05, 0) is 47.5 Å². The van der Waals surface area contributed by atoms with Crippen LogP contribution in [0.15, 0.2) is 252 Å². The predicted molar refractivity (Wildman–Crippen MR) is 280 cm³/mol. The van der Waals surface area contributed by atoms with Gasteiger partial charge in [-0.3, -0.25) is 0 Å². The molecule has 0 aliphatic carbocycles. The molecule has 394 valence electrons. The van der Waals surface area contributed by atoms with Crippen LogP contribution in [0.3, 0.4) is 0 Å². The van der Waals surface area contributed by atoms with Gasteiger partial charge in [0.2, 0.25) is 0 Å². The first-order valence-corrected chi connectivity index (χ1v) is 25.7. The van der Waals surface area contributed by atoms with E-state index in [9.17, 15) is 56.9 Å². The molecule has 16 heteroatoms. The second-order valence-corrected chi connectivity index (χ2v) is 20.9. The summed E-state index contributed by atoms with van der Waals surface area (Å²) in [5, 5.41) is 0. The minimum atomic E-state index is -4.77. The van der Waals surface area contributed by atoms with Crippen LogP contribution >= 0.6 is 0 Å². The van der Waals surface area contributed by atoms with E-state index in [0.717, 1.165) is 82.7 Å². The van der Waals surface area contributed by atoms with Crippen LogP contribution in [0, 0.1) is 0 Å². The molecule has 2 nitrogen and oxygen atoms in total. The number of alkyl halides is 12. The number of hydrogen-bond donors (Lipinski definition) is 0. The van der Waals surface area contributed by atoms with E-state index in [4.69, 9.17) is 0 Å². The number of hydrogen-bond acceptors (Lipinski definition) is 2. The quantitative estimate of drug-likeness (QED) is 0.0651. The van der Waals surface area contributed by atoms with Crippen molar-refractivity contribution in [2.75, 3.05) is 4.90 Å². The Labute approximate surface area is 438 Å². The highest BCUT2D eigenvalue weighted by atomic mass is 32.2. The smallest absolute Gasteiger partial charge is 0.363 e. The van der Waals surface area contributed by atoms with Crippen LogP contribution in [-0.2, 0) is 57.7 Å². The zero-order valence-electron chi connectivity index (χ0n) is 40.6. The van der Waals surface area contributed by atoms with Gasteiger partial charge in [0, 0.05) is 24.3 Å². The number of benzene rings is 9. The fourth-order valence-corrected chi connectivity index (χ4v) is 11.9. The molecule has 9 rings (SSSR count). The van der Waals surface area contributed by atoms with Crippen LogP contribution in [0.2, 0.25) is 0 Å². The molecule has 0 fully saturated rings. The largest absolute Gasteiger partial charge is 0.416 e. The summed E-state index contributed by atoms with van der Waals surface area (Å²) in [4.78, 5) is 4.13. The molecule has 0 aromatic heterocycles. The van der Waals surface area contributed by atoms with Crippen molar-refractivity contribution < 1.29 is 56.9 Å². The van der Waals surface area contributed by atoms with Gasteiger partial charge in [-0.2, -0.15) is 74.5 Å². The lowest BCUT2D eigenvalue weighted by molar-refractivity contribution is -0.138. The average molecular weight is 1080 g/mol. The summed E-state index contributed by atoms with van der Waals surface area (Å²) >= 11 is 0. The first-order chi connectivity index (χ1) is 36.5. The van der Waals surface area contributed by atoms with Crippen LogP contribution in [-0.4, -0.2) is 6.15 Å². The highest BCUT2D eigenvalue weighted by molar-refractivity contribution is 8.02. The third-order valence-corrected chi connectivity index (χ3v) is 16.1. The normalized spacial score (nSPS) is 12.4. The van der Waals surface area contributed by atoms with Crippen LogP contribution in [0.4, 0.5) is 58.4 Å². The molecule has 0 saturated carbocycles. The molecule has 0 saturated heterocycles. The minimum Gasteiger partial charge on any atom is -0.363 e. The fourth-order valence-electron chi connectivity index (χ4n) is 9.46. The average Bonchev–Trinajstić information content (AvgIpc) is 3.47. The molecule has 0 spiro atoms. The van der Waals surface area contributed by atoms with E-state index in [1.165, 1.54) is 11.1 Å². The maximum Gasteiger partial charge on any atom is 0.416 e. The van der Waals surface area contributed by atoms with Crippen molar-refractivity contribution in [2.45, 2.75) is 53.3 Å². The SMILES string of the molecule is FC(F)(F)c1ccc([B-](c2ccc(C(F)(F)F)cc2)(c2ccc(C(F)(F)F)cc2)c2ccc(C(F)(F)F)cc2)cc1.O=[S+](Cc1ccc(N(Cc2ccccc2)Cc2ccccc2)cc1)(c1ccccc1)c1ccccc1. The van der Waals surface area contributed by atoms with Gasteiger partial charge in [0.05, 0.1) is 22.3 Å². The third kappa shape index (κ3) is 13.1. The molecule has 9 aromatic rings. The van der Waals surface area contributed by atoms with E-state index in [2.05, 4.69) is 89.8 Å². The van der Waals surface area contributed by atoms with Gasteiger partial charge in [-0.25, -0.2) is 0 Å². The van der Waals surface area contributed by atoms with Crippen LogP contribution < -0.4 is 26.8 Å². The second-order valence-electron chi connectivity index (χ2n) is 18.3. The molecule has 0 aliphatic rings. The van der Waals surface area contributed by atoms with E-state index >= 15 is 0 Å². The summed E-state index contributed by atoms with van der Waals surface area (Å²) in [5.41, 5.74) is 0.465. The summed E-state index contributed by atoms with van der Waals surface area (Å²) in [5.74, 6) is 0.471. The third-order valence-electron chi connectivity index (χ3n) is 13.3. The molecular weight excluding hydrogens is 1030 g/mol. The Hall–Kier alpha value is -7.85. The van der Waals surface area contributed by atoms with Gasteiger partial charge in [0.15, 0.2) is 19.7 Å². The molecule has 0 amide bonds.